The van der Waals surface area contributed by atoms with Crippen molar-refractivity contribution in [2.45, 2.75) is 140 Å². The molecule has 0 saturated carbocycles. The molecule has 0 aromatic carbocycles. The topological polar surface area (TPSA) is 0 Å². The van der Waals surface area contributed by atoms with E-state index < -0.39 is 160 Å². The van der Waals surface area contributed by atoms with E-state index in [9.17, 15) is 171 Å². The summed E-state index contributed by atoms with van der Waals surface area (Å²) in [5, 5.41) is 0. The molecule has 393 valence electrons. The molecule has 0 unspecified atom stereocenters. The molecule has 0 amide bonds. The molecule has 0 N–H and O–H groups in total. The predicted octanol–water partition coefficient (Wildman–Crippen LogP) is 15.4. The molecule has 1 radical (unpaired) electrons. The van der Waals surface area contributed by atoms with E-state index in [-0.39, 0.29) is 17.0 Å². The zero-order valence-corrected chi connectivity index (χ0v) is 33.5. The quantitative estimate of drug-likeness (QED) is 0.0794. The molecule has 0 aliphatic rings. The van der Waals surface area contributed by atoms with E-state index in [1.807, 2.05) is 0 Å². The summed E-state index contributed by atoms with van der Waals surface area (Å²) in [6, 6.07) is 0. The molecule has 0 fully saturated rings. The number of halogens is 40. The van der Waals surface area contributed by atoms with Gasteiger partial charge in [0.25, 0.3) is 0 Å². The summed E-state index contributed by atoms with van der Waals surface area (Å²) < 4.78 is 513. The van der Waals surface area contributed by atoms with E-state index in [1.54, 1.807) is 0 Å². The first-order chi connectivity index (χ1) is 27.0. The van der Waals surface area contributed by atoms with Gasteiger partial charge in [0.1, 0.15) is 0 Å². The van der Waals surface area contributed by atoms with E-state index >= 15 is 0 Å². The summed E-state index contributed by atoms with van der Waals surface area (Å²) in [6.45, 7) is 0. The summed E-state index contributed by atoms with van der Waals surface area (Å²) >= 11 is -6.73. The Morgan fingerprint density at radius 2 is 0.308 bits per heavy atom. The van der Waals surface area contributed by atoms with Gasteiger partial charge in [0.05, 0.1) is 0 Å². The van der Waals surface area contributed by atoms with Gasteiger partial charge in [-0.2, -0.15) is 0 Å². The van der Waals surface area contributed by atoms with Gasteiger partial charge in [-0.25, -0.2) is 0 Å². The number of hydrogen-bond acceptors (Lipinski definition) is 0. The van der Waals surface area contributed by atoms with Gasteiger partial charge in [-0.15, -0.1) is 17.0 Å². The standard InChI is InChI=1S/3C8H4F13.BrH.Sn/c3*1-2-3(9,10)4(11,12)5(13,14)6(15,16)7(17,18)8(19,20)21;;/h3*1-2H2;1H;. The van der Waals surface area contributed by atoms with Gasteiger partial charge in [-0.05, 0) is 0 Å². The van der Waals surface area contributed by atoms with Crippen LogP contribution in [0.1, 0.15) is 19.3 Å². The Morgan fingerprint density at radius 1 is 0.185 bits per heavy atom. The first-order valence-corrected chi connectivity index (χ1v) is 20.8. The van der Waals surface area contributed by atoms with Crippen LogP contribution >= 0.6 is 17.0 Å². The van der Waals surface area contributed by atoms with Crippen molar-refractivity contribution < 1.29 is 171 Å². The molecule has 0 heterocycles. The minimum atomic E-state index is -8.80. The molecule has 0 spiro atoms. The van der Waals surface area contributed by atoms with Crippen LogP contribution in [0.2, 0.25) is 13.3 Å². The molecule has 65 heavy (non-hydrogen) atoms. The van der Waals surface area contributed by atoms with Gasteiger partial charge >= 0.3 is 331 Å². The zero-order chi connectivity index (χ0) is 52.8. The molecule has 0 aliphatic heterocycles. The molecule has 0 aliphatic carbocycles. The summed E-state index contributed by atoms with van der Waals surface area (Å²) in [5.41, 5.74) is 0. The Morgan fingerprint density at radius 3 is 0.431 bits per heavy atom. The maximum atomic E-state index is 14.3. The number of rotatable bonds is 21. The Labute approximate surface area is 348 Å². The van der Waals surface area contributed by atoms with Crippen LogP contribution in [-0.4, -0.2) is 127 Å². The van der Waals surface area contributed by atoms with Crippen LogP contribution in [0.5, 0.6) is 0 Å². The van der Waals surface area contributed by atoms with Gasteiger partial charge in [-0.3, -0.25) is 0 Å². The van der Waals surface area contributed by atoms with Crippen LogP contribution in [0, 0.1) is 0 Å². The van der Waals surface area contributed by atoms with Gasteiger partial charge in [0.2, 0.25) is 0 Å². The normalized spacial score (nSPS) is 16.6. The Balaban J connectivity index is 0. The summed E-state index contributed by atoms with van der Waals surface area (Å²) in [5.74, 6) is -126. The molecule has 0 rings (SSSR count). The van der Waals surface area contributed by atoms with Gasteiger partial charge in [0, 0.05) is 0 Å². The van der Waals surface area contributed by atoms with E-state index in [1.165, 1.54) is 0 Å². The monoisotopic (exact) mass is 1240 g/mol. The van der Waals surface area contributed by atoms with Crippen molar-refractivity contribution in [1.82, 2.24) is 0 Å². The second-order valence-electron chi connectivity index (χ2n) is 12.7. The van der Waals surface area contributed by atoms with Gasteiger partial charge in [0.15, 0.2) is 0 Å². The molecular weight excluding hydrogens is 1230 g/mol. The Kier molecular flexibility index (Phi) is 17.9. The fourth-order valence-electron chi connectivity index (χ4n) is 4.25. The average Bonchev–Trinajstić information content (AvgIpc) is 3.05. The fraction of sp³-hybridized carbons (Fsp3) is 1.00. The van der Waals surface area contributed by atoms with Crippen molar-refractivity contribution in [2.75, 3.05) is 0 Å². The Hall–Kier alpha value is -1.45. The van der Waals surface area contributed by atoms with Crippen molar-refractivity contribution in [3.05, 3.63) is 0 Å². The average molecular weight is 1240 g/mol. The van der Waals surface area contributed by atoms with Gasteiger partial charge in [-0.1, -0.05) is 0 Å². The Bertz CT molecular complexity index is 1410. The van der Waals surface area contributed by atoms with Gasteiger partial charge < -0.3 is 0 Å². The van der Waals surface area contributed by atoms with Crippen molar-refractivity contribution in [2.24, 2.45) is 0 Å². The van der Waals surface area contributed by atoms with Crippen molar-refractivity contribution in [1.29, 1.82) is 0 Å². The van der Waals surface area contributed by atoms with E-state index in [2.05, 4.69) is 0 Å². The minimum absolute atomic E-state index is 0. The van der Waals surface area contributed by atoms with Crippen LogP contribution in [0.15, 0.2) is 0 Å². The molecular formula is C24H13BrF39Sn. The molecule has 0 nitrogen and oxygen atoms in total. The van der Waals surface area contributed by atoms with Crippen LogP contribution < -0.4 is 0 Å². The summed E-state index contributed by atoms with van der Waals surface area (Å²) in [7, 11) is 0. The van der Waals surface area contributed by atoms with Crippen LogP contribution in [0.3, 0.4) is 0 Å². The van der Waals surface area contributed by atoms with Crippen molar-refractivity contribution >= 4 is 36.7 Å². The van der Waals surface area contributed by atoms with E-state index in [4.69, 9.17) is 0 Å². The molecule has 0 atom stereocenters. The molecule has 0 saturated heterocycles. The first-order valence-electron chi connectivity index (χ1n) is 14.7. The van der Waals surface area contributed by atoms with Crippen LogP contribution in [0.4, 0.5) is 171 Å². The van der Waals surface area contributed by atoms with Crippen LogP contribution in [-0.2, 0) is 0 Å². The third kappa shape index (κ3) is 9.98. The molecule has 0 bridgehead atoms. The van der Waals surface area contributed by atoms with Crippen molar-refractivity contribution in [3.8, 4) is 0 Å². The second kappa shape index (κ2) is 17.7. The summed E-state index contributed by atoms with van der Waals surface area (Å²) in [4.78, 5) is 0. The van der Waals surface area contributed by atoms with Crippen molar-refractivity contribution in [3.63, 3.8) is 0 Å². The number of hydrogen-bond donors (Lipinski definition) is 0. The zero-order valence-electron chi connectivity index (χ0n) is 28.9. The van der Waals surface area contributed by atoms with E-state index in [0.717, 1.165) is 0 Å². The third-order valence-electron chi connectivity index (χ3n) is 8.37. The molecule has 41 heteroatoms. The SMILES string of the molecule is Br.FC(F)(F)C(F)(F)C(F)(F)C(F)(F)C(F)(F)C(F)(F)C[CH2][Sn]([CH2]CC(F)(F)C(F)(F)C(F)(F)C(F)(F)C(F)(F)C(F)(F)F)[CH2]CC(F)(F)C(F)(F)C(F)(F)C(F)(F)C(F)(F)C(F)(F)F. The fourth-order valence-corrected chi connectivity index (χ4v) is 12.1. The maximum absolute atomic E-state index is 14.3. The van der Waals surface area contributed by atoms with E-state index in [0.29, 0.717) is 0 Å². The summed E-state index contributed by atoms with van der Waals surface area (Å²) in [6.07, 6.45) is -36.1. The third-order valence-corrected chi connectivity index (χ3v) is 16.6. The molecule has 0 aromatic rings. The second-order valence-corrected chi connectivity index (χ2v) is 21.3. The number of alkyl halides is 39. The molecule has 0 aromatic heterocycles. The van der Waals surface area contributed by atoms with Crippen LogP contribution in [0.25, 0.3) is 0 Å². The first kappa shape index (κ1) is 65.6. The predicted molar refractivity (Wildman–Crippen MR) is 137 cm³/mol.